The van der Waals surface area contributed by atoms with Crippen molar-refractivity contribution in [2.45, 2.75) is 18.4 Å². The maximum atomic E-state index is 12.4. The lowest BCUT2D eigenvalue weighted by Gasteiger charge is -2.10. The van der Waals surface area contributed by atoms with Gasteiger partial charge in [-0.25, -0.2) is 13.6 Å². The third-order valence-electron chi connectivity index (χ3n) is 3.65. The summed E-state index contributed by atoms with van der Waals surface area (Å²) in [6.45, 7) is 1.90. The van der Waals surface area contributed by atoms with Crippen LogP contribution in [-0.2, 0) is 16.6 Å². The van der Waals surface area contributed by atoms with Gasteiger partial charge in [-0.3, -0.25) is 9.59 Å². The molecule has 2 rings (SSSR count). The van der Waals surface area contributed by atoms with Gasteiger partial charge in [0.05, 0.1) is 4.90 Å². The Morgan fingerprint density at radius 1 is 1.08 bits per heavy atom. The maximum absolute atomic E-state index is 12.4. The predicted octanol–water partition coefficient (Wildman–Crippen LogP) is 0.932. The molecule has 0 aliphatic heterocycles. The standard InChI is InChI=1S/C17H19N3O4S/c1-11-6-7-14(25(18,23)24)9-15(11)17(22)20-10-12-4-3-5-13(8-12)16(21)19-2/h3-9H,10H2,1-2H3,(H,19,21)(H,20,22)(H2,18,23,24). The number of carbonyl (C=O) groups is 2. The first-order valence-corrected chi connectivity index (χ1v) is 8.99. The third-order valence-corrected chi connectivity index (χ3v) is 4.56. The van der Waals surface area contributed by atoms with Gasteiger partial charge in [-0.1, -0.05) is 18.2 Å². The zero-order valence-electron chi connectivity index (χ0n) is 13.9. The highest BCUT2D eigenvalue weighted by atomic mass is 32.2. The summed E-state index contributed by atoms with van der Waals surface area (Å²) in [5.41, 5.74) is 2.09. The molecule has 0 fully saturated rings. The van der Waals surface area contributed by atoms with Crippen molar-refractivity contribution >= 4 is 21.8 Å². The number of hydrogen-bond acceptors (Lipinski definition) is 4. The van der Waals surface area contributed by atoms with Crippen LogP contribution < -0.4 is 15.8 Å². The van der Waals surface area contributed by atoms with Crippen LogP contribution in [0.1, 0.15) is 31.8 Å². The van der Waals surface area contributed by atoms with Crippen LogP contribution in [0.5, 0.6) is 0 Å². The number of sulfonamides is 1. The molecule has 0 heterocycles. The van der Waals surface area contributed by atoms with Crippen LogP contribution in [-0.4, -0.2) is 27.3 Å². The number of rotatable bonds is 5. The van der Waals surface area contributed by atoms with E-state index in [2.05, 4.69) is 10.6 Å². The molecule has 0 saturated carbocycles. The van der Waals surface area contributed by atoms with Gasteiger partial charge in [0.25, 0.3) is 11.8 Å². The average Bonchev–Trinajstić information content (AvgIpc) is 2.58. The summed E-state index contributed by atoms with van der Waals surface area (Å²) >= 11 is 0. The summed E-state index contributed by atoms with van der Waals surface area (Å²) in [6.07, 6.45) is 0. The fourth-order valence-corrected chi connectivity index (χ4v) is 2.81. The molecule has 0 atom stereocenters. The number of nitrogens with one attached hydrogen (secondary N) is 2. The highest BCUT2D eigenvalue weighted by Crippen LogP contribution is 2.15. The Kier molecular flexibility index (Phi) is 5.55. The van der Waals surface area contributed by atoms with Gasteiger partial charge in [-0.05, 0) is 42.3 Å². The number of primary sulfonamides is 1. The summed E-state index contributed by atoms with van der Waals surface area (Å²) < 4.78 is 22.9. The van der Waals surface area contributed by atoms with Crippen LogP contribution in [0.4, 0.5) is 0 Å². The molecule has 0 unspecified atom stereocenters. The van der Waals surface area contributed by atoms with Crippen molar-refractivity contribution in [2.24, 2.45) is 5.14 Å². The Bertz CT molecular complexity index is 923. The quantitative estimate of drug-likeness (QED) is 0.734. The number of hydrogen-bond donors (Lipinski definition) is 3. The Labute approximate surface area is 146 Å². The Balaban J connectivity index is 2.17. The summed E-state index contributed by atoms with van der Waals surface area (Å²) in [5, 5.41) is 10.3. The van der Waals surface area contributed by atoms with E-state index < -0.39 is 15.9 Å². The first kappa shape index (κ1) is 18.6. The van der Waals surface area contributed by atoms with Crippen molar-refractivity contribution in [2.75, 3.05) is 7.05 Å². The lowest BCUT2D eigenvalue weighted by molar-refractivity contribution is 0.0948. The Morgan fingerprint density at radius 2 is 1.80 bits per heavy atom. The highest BCUT2D eigenvalue weighted by Gasteiger charge is 2.15. The highest BCUT2D eigenvalue weighted by molar-refractivity contribution is 7.89. The molecule has 0 aromatic heterocycles. The minimum atomic E-state index is -3.89. The number of aryl methyl sites for hydroxylation is 1. The fourth-order valence-electron chi connectivity index (χ4n) is 2.27. The van der Waals surface area contributed by atoms with Crippen LogP contribution >= 0.6 is 0 Å². The second-order valence-corrected chi connectivity index (χ2v) is 7.05. The third kappa shape index (κ3) is 4.65. The van der Waals surface area contributed by atoms with E-state index in [1.807, 2.05) is 0 Å². The smallest absolute Gasteiger partial charge is 0.251 e. The summed E-state index contributed by atoms with van der Waals surface area (Å²) in [7, 11) is -2.35. The summed E-state index contributed by atoms with van der Waals surface area (Å²) in [6, 6.07) is 11.0. The molecular weight excluding hydrogens is 342 g/mol. The molecule has 0 aliphatic rings. The minimum absolute atomic E-state index is 0.120. The monoisotopic (exact) mass is 361 g/mol. The fraction of sp³-hybridized carbons (Fsp3) is 0.176. The first-order valence-electron chi connectivity index (χ1n) is 7.45. The molecule has 2 aromatic carbocycles. The molecular formula is C17H19N3O4S. The van der Waals surface area contributed by atoms with E-state index in [9.17, 15) is 18.0 Å². The van der Waals surface area contributed by atoms with Gasteiger partial charge in [0.2, 0.25) is 10.0 Å². The van der Waals surface area contributed by atoms with Crippen LogP contribution in [0.3, 0.4) is 0 Å². The number of carbonyl (C=O) groups excluding carboxylic acids is 2. The maximum Gasteiger partial charge on any atom is 0.251 e. The average molecular weight is 361 g/mol. The molecule has 0 spiro atoms. The number of nitrogens with two attached hydrogens (primary N) is 1. The van der Waals surface area contributed by atoms with E-state index in [1.54, 1.807) is 31.2 Å². The lowest BCUT2D eigenvalue weighted by Crippen LogP contribution is -2.25. The van der Waals surface area contributed by atoms with Crippen molar-refractivity contribution in [1.82, 2.24) is 10.6 Å². The number of benzene rings is 2. The molecule has 0 radical (unpaired) electrons. The van der Waals surface area contributed by atoms with Gasteiger partial charge in [-0.15, -0.1) is 0 Å². The lowest BCUT2D eigenvalue weighted by atomic mass is 10.1. The second-order valence-electron chi connectivity index (χ2n) is 5.48. The van der Waals surface area contributed by atoms with Crippen molar-refractivity contribution in [1.29, 1.82) is 0 Å². The van der Waals surface area contributed by atoms with Gasteiger partial charge in [-0.2, -0.15) is 0 Å². The molecule has 2 aromatic rings. The van der Waals surface area contributed by atoms with Crippen molar-refractivity contribution in [3.8, 4) is 0 Å². The van der Waals surface area contributed by atoms with E-state index in [4.69, 9.17) is 5.14 Å². The topological polar surface area (TPSA) is 118 Å². The van der Waals surface area contributed by atoms with Crippen molar-refractivity contribution < 1.29 is 18.0 Å². The molecule has 7 nitrogen and oxygen atoms in total. The van der Waals surface area contributed by atoms with Crippen LogP contribution in [0.15, 0.2) is 47.4 Å². The van der Waals surface area contributed by atoms with Crippen LogP contribution in [0, 0.1) is 6.92 Å². The Hall–Kier alpha value is -2.71. The van der Waals surface area contributed by atoms with Gasteiger partial charge in [0.15, 0.2) is 0 Å². The Morgan fingerprint density at radius 3 is 2.44 bits per heavy atom. The first-order chi connectivity index (χ1) is 11.7. The molecule has 0 saturated heterocycles. The molecule has 2 amide bonds. The second kappa shape index (κ2) is 7.45. The zero-order chi connectivity index (χ0) is 18.6. The SMILES string of the molecule is CNC(=O)c1cccc(CNC(=O)c2cc(S(N)(=O)=O)ccc2C)c1. The minimum Gasteiger partial charge on any atom is -0.355 e. The molecule has 132 valence electrons. The van der Waals surface area contributed by atoms with Crippen LogP contribution in [0.25, 0.3) is 0 Å². The molecule has 0 aliphatic carbocycles. The molecule has 4 N–H and O–H groups in total. The van der Waals surface area contributed by atoms with E-state index >= 15 is 0 Å². The van der Waals surface area contributed by atoms with Crippen molar-refractivity contribution in [3.63, 3.8) is 0 Å². The largest absolute Gasteiger partial charge is 0.355 e. The molecule has 8 heteroatoms. The predicted molar refractivity (Wildman–Crippen MR) is 93.6 cm³/mol. The van der Waals surface area contributed by atoms with Gasteiger partial charge in [0.1, 0.15) is 0 Å². The van der Waals surface area contributed by atoms with E-state index in [-0.39, 0.29) is 22.9 Å². The van der Waals surface area contributed by atoms with Crippen LogP contribution in [0.2, 0.25) is 0 Å². The van der Waals surface area contributed by atoms with E-state index in [0.29, 0.717) is 11.1 Å². The normalized spacial score (nSPS) is 11.0. The van der Waals surface area contributed by atoms with Gasteiger partial charge in [0, 0.05) is 24.7 Å². The molecule has 0 bridgehead atoms. The van der Waals surface area contributed by atoms with Gasteiger partial charge < -0.3 is 10.6 Å². The van der Waals surface area contributed by atoms with E-state index in [0.717, 1.165) is 5.56 Å². The zero-order valence-corrected chi connectivity index (χ0v) is 14.7. The molecule has 25 heavy (non-hydrogen) atoms. The van der Waals surface area contributed by atoms with E-state index in [1.165, 1.54) is 25.2 Å². The summed E-state index contributed by atoms with van der Waals surface area (Å²) in [5.74, 6) is -0.641. The summed E-state index contributed by atoms with van der Waals surface area (Å²) in [4.78, 5) is 23.9. The van der Waals surface area contributed by atoms with Crippen molar-refractivity contribution in [3.05, 3.63) is 64.7 Å². The number of amides is 2. The van der Waals surface area contributed by atoms with Gasteiger partial charge >= 0.3 is 0 Å².